The molecule has 15 heavy (non-hydrogen) atoms. The fraction of sp³-hybridized carbons (Fsp3) is 0.923. The molecule has 2 nitrogen and oxygen atoms in total. The van der Waals surface area contributed by atoms with Gasteiger partial charge in [-0.15, -0.1) is 0 Å². The molecule has 0 spiro atoms. The quantitative estimate of drug-likeness (QED) is 0.752. The first-order valence-electron chi connectivity index (χ1n) is 6.62. The molecule has 1 saturated carbocycles. The van der Waals surface area contributed by atoms with Gasteiger partial charge >= 0.3 is 0 Å². The van der Waals surface area contributed by atoms with E-state index in [9.17, 15) is 4.79 Å². The van der Waals surface area contributed by atoms with Gasteiger partial charge in [-0.1, -0.05) is 12.8 Å². The van der Waals surface area contributed by atoms with Crippen molar-refractivity contribution in [2.75, 3.05) is 0 Å². The summed E-state index contributed by atoms with van der Waals surface area (Å²) >= 11 is 0. The lowest BCUT2D eigenvalue weighted by atomic mass is 9.83. The molecule has 2 atom stereocenters. The second-order valence-electron chi connectivity index (χ2n) is 5.69. The highest BCUT2D eigenvalue weighted by molar-refractivity contribution is 5.83. The third kappa shape index (κ3) is 1.84. The Morgan fingerprint density at radius 2 is 1.47 bits per heavy atom. The fourth-order valence-electron chi connectivity index (χ4n) is 3.83. The lowest BCUT2D eigenvalue weighted by Gasteiger charge is -2.29. The summed E-state index contributed by atoms with van der Waals surface area (Å²) in [4.78, 5) is 12.3. The summed E-state index contributed by atoms with van der Waals surface area (Å²) in [5.74, 6) is 1.46. The first kappa shape index (κ1) is 9.83. The zero-order valence-electron chi connectivity index (χ0n) is 9.37. The van der Waals surface area contributed by atoms with E-state index in [2.05, 4.69) is 5.32 Å². The zero-order chi connectivity index (χ0) is 10.3. The van der Waals surface area contributed by atoms with Gasteiger partial charge in [0.15, 0.2) is 0 Å². The van der Waals surface area contributed by atoms with E-state index in [4.69, 9.17) is 0 Å². The molecule has 2 heterocycles. The van der Waals surface area contributed by atoms with Gasteiger partial charge in [0.05, 0.1) is 0 Å². The number of rotatable bonds is 2. The van der Waals surface area contributed by atoms with Crippen molar-refractivity contribution in [1.29, 1.82) is 0 Å². The summed E-state index contributed by atoms with van der Waals surface area (Å²) in [6.07, 6.45) is 9.80. The standard InChI is InChI=1S/C13H21NO/c15-13(9-3-1-2-4-9)10-7-11-5-6-12(8-10)14-11/h9-12,14H,1-8H2. The van der Waals surface area contributed by atoms with E-state index >= 15 is 0 Å². The van der Waals surface area contributed by atoms with Gasteiger partial charge in [-0.2, -0.15) is 0 Å². The van der Waals surface area contributed by atoms with Crippen LogP contribution in [0, 0.1) is 11.8 Å². The maximum Gasteiger partial charge on any atom is 0.139 e. The Labute approximate surface area is 91.8 Å². The Hall–Kier alpha value is -0.370. The van der Waals surface area contributed by atoms with Crippen LogP contribution in [-0.2, 0) is 4.79 Å². The molecule has 2 bridgehead atoms. The Balaban J connectivity index is 1.64. The van der Waals surface area contributed by atoms with E-state index in [-0.39, 0.29) is 0 Å². The van der Waals surface area contributed by atoms with Crippen molar-refractivity contribution >= 4 is 5.78 Å². The Morgan fingerprint density at radius 1 is 0.867 bits per heavy atom. The number of ketones is 1. The molecule has 0 radical (unpaired) electrons. The van der Waals surface area contributed by atoms with Crippen molar-refractivity contribution in [3.63, 3.8) is 0 Å². The predicted molar refractivity (Wildman–Crippen MR) is 59.6 cm³/mol. The van der Waals surface area contributed by atoms with Crippen LogP contribution in [0.5, 0.6) is 0 Å². The smallest absolute Gasteiger partial charge is 0.139 e. The maximum atomic E-state index is 12.3. The minimum atomic E-state index is 0.409. The van der Waals surface area contributed by atoms with Crippen molar-refractivity contribution in [3.8, 4) is 0 Å². The molecule has 3 aliphatic rings. The molecule has 1 N–H and O–H groups in total. The summed E-state index contributed by atoms with van der Waals surface area (Å²) in [6, 6.07) is 1.33. The van der Waals surface area contributed by atoms with Crippen LogP contribution in [0.2, 0.25) is 0 Å². The summed E-state index contributed by atoms with van der Waals surface area (Å²) in [6.45, 7) is 0. The number of fused-ring (bicyclic) bond motifs is 2. The van der Waals surface area contributed by atoms with Crippen LogP contribution in [0.1, 0.15) is 51.4 Å². The summed E-state index contributed by atoms with van der Waals surface area (Å²) in [5.41, 5.74) is 0. The number of carbonyl (C=O) groups is 1. The molecule has 2 saturated heterocycles. The summed E-state index contributed by atoms with van der Waals surface area (Å²) in [7, 11) is 0. The van der Waals surface area contributed by atoms with Crippen molar-refractivity contribution in [2.24, 2.45) is 11.8 Å². The van der Waals surface area contributed by atoms with Gasteiger partial charge in [-0.3, -0.25) is 4.79 Å². The number of nitrogens with one attached hydrogen (secondary N) is 1. The normalized spacial score (nSPS) is 40.9. The second kappa shape index (κ2) is 3.89. The number of hydrogen-bond donors (Lipinski definition) is 1. The lowest BCUT2D eigenvalue weighted by Crippen LogP contribution is -2.41. The topological polar surface area (TPSA) is 29.1 Å². The van der Waals surface area contributed by atoms with Crippen LogP contribution in [0.3, 0.4) is 0 Å². The fourth-order valence-corrected chi connectivity index (χ4v) is 3.83. The van der Waals surface area contributed by atoms with E-state index in [1.165, 1.54) is 38.5 Å². The monoisotopic (exact) mass is 207 g/mol. The molecular formula is C13H21NO. The van der Waals surface area contributed by atoms with E-state index in [1.54, 1.807) is 0 Å². The van der Waals surface area contributed by atoms with Gasteiger partial charge in [-0.25, -0.2) is 0 Å². The SMILES string of the molecule is O=C(C1CCCC1)C1CC2CCC(C1)N2. The Bertz CT molecular complexity index is 245. The van der Waals surface area contributed by atoms with E-state index in [1.807, 2.05) is 0 Å². The second-order valence-corrected chi connectivity index (χ2v) is 5.69. The zero-order valence-corrected chi connectivity index (χ0v) is 9.37. The van der Waals surface area contributed by atoms with Crippen LogP contribution in [0.15, 0.2) is 0 Å². The average molecular weight is 207 g/mol. The molecule has 0 aromatic carbocycles. The number of Topliss-reactive ketones (excluding diaryl/α,β-unsaturated/α-hetero) is 1. The number of hydrogen-bond acceptors (Lipinski definition) is 2. The summed E-state index contributed by atoms with van der Waals surface area (Å²) < 4.78 is 0. The molecule has 3 rings (SSSR count). The Morgan fingerprint density at radius 3 is 2.07 bits per heavy atom. The first-order valence-corrected chi connectivity index (χ1v) is 6.62. The van der Waals surface area contributed by atoms with Crippen molar-refractivity contribution in [2.45, 2.75) is 63.5 Å². The van der Waals surface area contributed by atoms with Gasteiger partial charge in [0, 0.05) is 23.9 Å². The van der Waals surface area contributed by atoms with Crippen LogP contribution in [-0.4, -0.2) is 17.9 Å². The van der Waals surface area contributed by atoms with Gasteiger partial charge in [0.1, 0.15) is 5.78 Å². The van der Waals surface area contributed by atoms with E-state index < -0.39 is 0 Å². The third-order valence-electron chi connectivity index (χ3n) is 4.63. The van der Waals surface area contributed by atoms with E-state index in [0.29, 0.717) is 29.7 Å². The molecule has 2 unspecified atom stereocenters. The molecule has 0 aromatic heterocycles. The van der Waals surface area contributed by atoms with Crippen molar-refractivity contribution in [3.05, 3.63) is 0 Å². The predicted octanol–water partition coefficient (Wildman–Crippen LogP) is 2.28. The Kier molecular flexibility index (Phi) is 2.55. The van der Waals surface area contributed by atoms with Crippen molar-refractivity contribution in [1.82, 2.24) is 5.32 Å². The van der Waals surface area contributed by atoms with E-state index in [0.717, 1.165) is 12.8 Å². The highest BCUT2D eigenvalue weighted by Gasteiger charge is 2.38. The molecule has 0 aromatic rings. The van der Waals surface area contributed by atoms with Crippen LogP contribution >= 0.6 is 0 Å². The minimum absolute atomic E-state index is 0.409. The highest BCUT2D eigenvalue weighted by atomic mass is 16.1. The van der Waals surface area contributed by atoms with Gasteiger partial charge < -0.3 is 5.32 Å². The minimum Gasteiger partial charge on any atom is -0.311 e. The number of carbonyl (C=O) groups excluding carboxylic acids is 1. The summed E-state index contributed by atoms with van der Waals surface area (Å²) in [5, 5.41) is 3.61. The average Bonchev–Trinajstić information content (AvgIpc) is 2.87. The lowest BCUT2D eigenvalue weighted by molar-refractivity contribution is -0.127. The molecule has 0 amide bonds. The molecule has 1 aliphatic carbocycles. The van der Waals surface area contributed by atoms with Gasteiger partial charge in [0.25, 0.3) is 0 Å². The molecule has 2 aliphatic heterocycles. The van der Waals surface area contributed by atoms with Crippen LogP contribution in [0.4, 0.5) is 0 Å². The van der Waals surface area contributed by atoms with Crippen LogP contribution in [0.25, 0.3) is 0 Å². The molecule has 2 heteroatoms. The van der Waals surface area contributed by atoms with Crippen molar-refractivity contribution < 1.29 is 4.79 Å². The third-order valence-corrected chi connectivity index (χ3v) is 4.63. The molecule has 84 valence electrons. The number of piperidine rings is 1. The van der Waals surface area contributed by atoms with Gasteiger partial charge in [-0.05, 0) is 38.5 Å². The first-order chi connectivity index (χ1) is 7.33. The highest BCUT2D eigenvalue weighted by Crippen LogP contribution is 2.36. The maximum absolute atomic E-state index is 12.3. The largest absolute Gasteiger partial charge is 0.311 e. The van der Waals surface area contributed by atoms with Gasteiger partial charge in [0.2, 0.25) is 0 Å². The molecule has 3 fully saturated rings. The van der Waals surface area contributed by atoms with Crippen LogP contribution < -0.4 is 5.32 Å². The molecular weight excluding hydrogens is 186 g/mol.